The quantitative estimate of drug-likeness (QED) is 0.548. The maximum Gasteiger partial charge on any atom is 0.326 e. The molecule has 1 aromatic heterocycles. The molecule has 0 N–H and O–H groups in total. The van der Waals surface area contributed by atoms with Gasteiger partial charge in [-0.1, -0.05) is 42.0 Å². The monoisotopic (exact) mass is 434 g/mol. The van der Waals surface area contributed by atoms with Crippen molar-refractivity contribution in [3.8, 4) is 0 Å². The number of esters is 1. The molecule has 0 saturated carbocycles. The molecular weight excluding hydrogens is 408 g/mol. The molecule has 2 aromatic carbocycles. The van der Waals surface area contributed by atoms with Crippen molar-refractivity contribution in [3.63, 3.8) is 0 Å². The van der Waals surface area contributed by atoms with E-state index in [1.807, 2.05) is 0 Å². The highest BCUT2D eigenvalue weighted by Gasteiger charge is 2.22. The SMILES string of the molecule is Cc1cccc(CN2CCN(C(=O)COC(=O)Cn3cnc4ccccc4c3=O)CC2)c1. The van der Waals surface area contributed by atoms with Crippen LogP contribution in [0.4, 0.5) is 0 Å². The number of aromatic nitrogens is 2. The molecule has 0 bridgehead atoms. The average Bonchev–Trinajstić information content (AvgIpc) is 2.80. The van der Waals surface area contributed by atoms with Gasteiger partial charge in [-0.25, -0.2) is 4.98 Å². The lowest BCUT2D eigenvalue weighted by atomic mass is 10.1. The van der Waals surface area contributed by atoms with Gasteiger partial charge in [-0.15, -0.1) is 0 Å². The van der Waals surface area contributed by atoms with Crippen LogP contribution in [-0.4, -0.2) is 64.0 Å². The van der Waals surface area contributed by atoms with Gasteiger partial charge in [-0.2, -0.15) is 0 Å². The number of amides is 1. The predicted octanol–water partition coefficient (Wildman–Crippen LogP) is 1.59. The van der Waals surface area contributed by atoms with E-state index in [1.54, 1.807) is 29.2 Å². The summed E-state index contributed by atoms with van der Waals surface area (Å²) >= 11 is 0. The number of hydrogen-bond acceptors (Lipinski definition) is 6. The van der Waals surface area contributed by atoms with Gasteiger partial charge >= 0.3 is 5.97 Å². The lowest BCUT2D eigenvalue weighted by Crippen LogP contribution is -2.49. The summed E-state index contributed by atoms with van der Waals surface area (Å²) in [6.07, 6.45) is 1.32. The second-order valence-corrected chi connectivity index (χ2v) is 8.00. The molecule has 1 saturated heterocycles. The molecule has 4 rings (SSSR count). The maximum absolute atomic E-state index is 12.5. The van der Waals surface area contributed by atoms with Gasteiger partial charge in [-0.3, -0.25) is 23.9 Å². The fourth-order valence-electron chi connectivity index (χ4n) is 3.86. The van der Waals surface area contributed by atoms with Gasteiger partial charge in [0.25, 0.3) is 11.5 Å². The number of carbonyl (C=O) groups is 2. The molecule has 8 heteroatoms. The Kier molecular flexibility index (Phi) is 6.61. The summed E-state index contributed by atoms with van der Waals surface area (Å²) < 4.78 is 6.33. The van der Waals surface area contributed by atoms with Gasteiger partial charge in [0.1, 0.15) is 6.54 Å². The topological polar surface area (TPSA) is 84.7 Å². The van der Waals surface area contributed by atoms with E-state index in [4.69, 9.17) is 4.74 Å². The van der Waals surface area contributed by atoms with E-state index in [1.165, 1.54) is 22.0 Å². The first-order valence-corrected chi connectivity index (χ1v) is 10.6. The summed E-state index contributed by atoms with van der Waals surface area (Å²) in [4.78, 5) is 45.3. The van der Waals surface area contributed by atoms with E-state index < -0.39 is 5.97 Å². The highest BCUT2D eigenvalue weighted by Crippen LogP contribution is 2.11. The van der Waals surface area contributed by atoms with Crippen LogP contribution in [0.2, 0.25) is 0 Å². The standard InChI is InChI=1S/C24H26N4O4/c1-18-5-4-6-19(13-18)14-26-9-11-27(12-10-26)22(29)16-32-23(30)15-28-17-25-21-8-3-2-7-20(21)24(28)31/h2-8,13,17H,9-12,14-16H2,1H3. The molecule has 32 heavy (non-hydrogen) atoms. The Hall–Kier alpha value is -3.52. The minimum atomic E-state index is -0.643. The summed E-state index contributed by atoms with van der Waals surface area (Å²) in [6, 6.07) is 15.4. The zero-order chi connectivity index (χ0) is 22.5. The highest BCUT2D eigenvalue weighted by molar-refractivity contribution is 5.81. The van der Waals surface area contributed by atoms with E-state index in [-0.39, 0.29) is 24.6 Å². The number of para-hydroxylation sites is 1. The van der Waals surface area contributed by atoms with Crippen LogP contribution in [-0.2, 0) is 27.4 Å². The van der Waals surface area contributed by atoms with Crippen LogP contribution in [0.5, 0.6) is 0 Å². The lowest BCUT2D eigenvalue weighted by molar-refractivity contribution is -0.153. The first kappa shape index (κ1) is 21.7. The van der Waals surface area contributed by atoms with Crippen molar-refractivity contribution >= 4 is 22.8 Å². The van der Waals surface area contributed by atoms with Crippen LogP contribution in [0.1, 0.15) is 11.1 Å². The number of benzene rings is 2. The molecule has 1 fully saturated rings. The summed E-state index contributed by atoms with van der Waals surface area (Å²) in [7, 11) is 0. The van der Waals surface area contributed by atoms with Crippen molar-refractivity contribution in [2.24, 2.45) is 0 Å². The maximum atomic E-state index is 12.5. The zero-order valence-electron chi connectivity index (χ0n) is 18.1. The Labute approximate surface area is 186 Å². The molecule has 166 valence electrons. The number of hydrogen-bond donors (Lipinski definition) is 0. The number of fused-ring (bicyclic) bond motifs is 1. The van der Waals surface area contributed by atoms with Crippen LogP contribution in [0.15, 0.2) is 59.7 Å². The summed E-state index contributed by atoms with van der Waals surface area (Å²) in [5, 5.41) is 0.433. The second-order valence-electron chi connectivity index (χ2n) is 8.00. The van der Waals surface area contributed by atoms with Crippen molar-refractivity contribution in [2.45, 2.75) is 20.0 Å². The number of nitrogens with zero attached hydrogens (tertiary/aromatic N) is 4. The van der Waals surface area contributed by atoms with Gasteiger partial charge in [-0.05, 0) is 24.6 Å². The van der Waals surface area contributed by atoms with Gasteiger partial charge in [0.15, 0.2) is 6.61 Å². The molecular formula is C24H26N4O4. The molecule has 1 aliphatic heterocycles. The van der Waals surface area contributed by atoms with Gasteiger partial charge < -0.3 is 9.64 Å². The normalized spacial score (nSPS) is 14.5. The zero-order valence-corrected chi connectivity index (χ0v) is 18.1. The summed E-state index contributed by atoms with van der Waals surface area (Å²) in [5.41, 5.74) is 2.75. The largest absolute Gasteiger partial charge is 0.454 e. The minimum Gasteiger partial charge on any atom is -0.454 e. The second kappa shape index (κ2) is 9.74. The number of carbonyl (C=O) groups excluding carboxylic acids is 2. The Morgan fingerprint density at radius 1 is 1.03 bits per heavy atom. The third-order valence-electron chi connectivity index (χ3n) is 5.60. The molecule has 1 amide bonds. The van der Waals surface area contributed by atoms with E-state index in [0.717, 1.165) is 19.6 Å². The molecule has 0 aliphatic carbocycles. The molecule has 0 unspecified atom stereocenters. The van der Waals surface area contributed by atoms with Crippen LogP contribution < -0.4 is 5.56 Å². The Bertz CT molecular complexity index is 1180. The fourth-order valence-corrected chi connectivity index (χ4v) is 3.86. The summed E-state index contributed by atoms with van der Waals surface area (Å²) in [6.45, 7) is 5.05. The van der Waals surface area contributed by atoms with Gasteiger partial charge in [0.05, 0.1) is 17.2 Å². The molecule has 8 nitrogen and oxygen atoms in total. The van der Waals surface area contributed by atoms with Crippen LogP contribution in [0.25, 0.3) is 10.9 Å². The Morgan fingerprint density at radius 2 is 1.81 bits per heavy atom. The van der Waals surface area contributed by atoms with E-state index in [2.05, 4.69) is 41.1 Å². The van der Waals surface area contributed by atoms with Crippen molar-refractivity contribution in [1.82, 2.24) is 19.4 Å². The number of piperazine rings is 1. The Morgan fingerprint density at radius 3 is 2.59 bits per heavy atom. The van der Waals surface area contributed by atoms with Gasteiger partial charge in [0, 0.05) is 32.7 Å². The predicted molar refractivity (Wildman–Crippen MR) is 120 cm³/mol. The minimum absolute atomic E-state index is 0.225. The smallest absolute Gasteiger partial charge is 0.326 e. The van der Waals surface area contributed by atoms with Crippen LogP contribution >= 0.6 is 0 Å². The van der Waals surface area contributed by atoms with Crippen LogP contribution in [0.3, 0.4) is 0 Å². The number of ether oxygens (including phenoxy) is 1. The van der Waals surface area contributed by atoms with Crippen molar-refractivity contribution in [3.05, 3.63) is 76.3 Å². The first-order chi connectivity index (χ1) is 15.5. The summed E-state index contributed by atoms with van der Waals surface area (Å²) in [5.74, 6) is -0.867. The average molecular weight is 434 g/mol. The number of aryl methyl sites for hydroxylation is 1. The van der Waals surface area contributed by atoms with Gasteiger partial charge in [0.2, 0.25) is 0 Å². The number of rotatable bonds is 6. The third kappa shape index (κ3) is 5.20. The molecule has 3 aromatic rings. The van der Waals surface area contributed by atoms with Crippen molar-refractivity contribution in [2.75, 3.05) is 32.8 Å². The molecule has 0 spiro atoms. The fraction of sp³-hybridized carbons (Fsp3) is 0.333. The van der Waals surface area contributed by atoms with E-state index in [9.17, 15) is 14.4 Å². The Balaban J connectivity index is 1.24. The highest BCUT2D eigenvalue weighted by atomic mass is 16.5. The molecule has 2 heterocycles. The lowest BCUT2D eigenvalue weighted by Gasteiger charge is -2.34. The molecule has 0 radical (unpaired) electrons. The van der Waals surface area contributed by atoms with Crippen molar-refractivity contribution in [1.29, 1.82) is 0 Å². The van der Waals surface area contributed by atoms with Crippen LogP contribution in [0, 0.1) is 6.92 Å². The van der Waals surface area contributed by atoms with E-state index in [0.29, 0.717) is 24.0 Å². The molecule has 1 aliphatic rings. The van der Waals surface area contributed by atoms with E-state index >= 15 is 0 Å². The first-order valence-electron chi connectivity index (χ1n) is 10.6. The molecule has 0 atom stereocenters. The third-order valence-corrected chi connectivity index (χ3v) is 5.60. The van der Waals surface area contributed by atoms with Crippen molar-refractivity contribution < 1.29 is 14.3 Å².